The smallest absolute Gasteiger partial charge is 0.377 e. The highest BCUT2D eigenvalue weighted by molar-refractivity contribution is 5.95. The van der Waals surface area contributed by atoms with Gasteiger partial charge in [-0.05, 0) is 60.0 Å². The number of ether oxygens (including phenoxy) is 2. The molecule has 2 aromatic carbocycles. The molecule has 1 aliphatic carbocycles. The number of nitrogens with zero attached hydrogens (tertiary/aromatic N) is 5. The summed E-state index contributed by atoms with van der Waals surface area (Å²) in [6.07, 6.45) is 4.60. The van der Waals surface area contributed by atoms with E-state index >= 15 is 0 Å². The third-order valence-corrected chi connectivity index (χ3v) is 5.88. The number of hydrogen-bond acceptors (Lipinski definition) is 6. The topological polar surface area (TPSA) is 91.5 Å². The third kappa shape index (κ3) is 4.20. The van der Waals surface area contributed by atoms with Crippen molar-refractivity contribution in [3.8, 4) is 17.2 Å². The number of amides is 1. The van der Waals surface area contributed by atoms with Gasteiger partial charge >= 0.3 is 11.7 Å². The fraction of sp³-hybridized carbons (Fsp3) is 0.391. The molecule has 0 radical (unpaired) electrons. The molecular formula is C23H26FN5O4. The van der Waals surface area contributed by atoms with Gasteiger partial charge in [0.25, 0.3) is 0 Å². The Kier molecular flexibility index (Phi) is 6.43. The van der Waals surface area contributed by atoms with Crippen LogP contribution in [0, 0.1) is 12.7 Å². The van der Waals surface area contributed by atoms with Gasteiger partial charge in [0.2, 0.25) is 0 Å². The maximum atomic E-state index is 14.5. The first kappa shape index (κ1) is 22.5. The molecule has 33 heavy (non-hydrogen) atoms. The zero-order chi connectivity index (χ0) is 23.5. The van der Waals surface area contributed by atoms with Crippen LogP contribution in [0.3, 0.4) is 0 Å². The number of aromatic nitrogens is 4. The second-order valence-corrected chi connectivity index (χ2v) is 8.00. The summed E-state index contributed by atoms with van der Waals surface area (Å²) in [6.45, 7) is 1.92. The van der Waals surface area contributed by atoms with E-state index in [-0.39, 0.29) is 17.5 Å². The molecule has 1 aromatic heterocycles. The number of carbonyl (C=O) groups is 1. The summed E-state index contributed by atoms with van der Waals surface area (Å²) in [4.78, 5) is 28.5. The number of rotatable bonds is 5. The maximum Gasteiger partial charge on any atom is 0.377 e. The van der Waals surface area contributed by atoms with Gasteiger partial charge in [-0.3, -0.25) is 4.90 Å². The molecule has 0 atom stereocenters. The molecule has 1 fully saturated rings. The van der Waals surface area contributed by atoms with E-state index < -0.39 is 17.5 Å². The fourth-order valence-electron chi connectivity index (χ4n) is 4.26. The van der Waals surface area contributed by atoms with Crippen LogP contribution in [0.1, 0.15) is 37.7 Å². The molecule has 3 aromatic rings. The van der Waals surface area contributed by atoms with Gasteiger partial charge in [0, 0.05) is 6.04 Å². The summed E-state index contributed by atoms with van der Waals surface area (Å²) in [5.41, 5.74) is 0.392. The van der Waals surface area contributed by atoms with Crippen LogP contribution in [0.5, 0.6) is 11.5 Å². The van der Waals surface area contributed by atoms with Crippen molar-refractivity contribution in [2.75, 3.05) is 19.1 Å². The average Bonchev–Trinajstić information content (AvgIpc) is 3.20. The van der Waals surface area contributed by atoms with Gasteiger partial charge in [-0.15, -0.1) is 4.68 Å². The predicted molar refractivity (Wildman–Crippen MR) is 120 cm³/mol. The zero-order valence-electron chi connectivity index (χ0n) is 18.8. The summed E-state index contributed by atoms with van der Waals surface area (Å²) < 4.78 is 26.6. The minimum Gasteiger partial charge on any atom is -0.495 e. The van der Waals surface area contributed by atoms with Crippen LogP contribution in [0.25, 0.3) is 5.69 Å². The van der Waals surface area contributed by atoms with E-state index in [1.807, 2.05) is 19.1 Å². The molecule has 1 aliphatic rings. The lowest BCUT2D eigenvalue weighted by molar-refractivity contribution is 0.238. The minimum atomic E-state index is -0.893. The van der Waals surface area contributed by atoms with Gasteiger partial charge in [0.15, 0.2) is 5.82 Å². The maximum absolute atomic E-state index is 14.5. The highest BCUT2D eigenvalue weighted by Crippen LogP contribution is 2.35. The second kappa shape index (κ2) is 9.43. The van der Waals surface area contributed by atoms with Crippen LogP contribution >= 0.6 is 0 Å². The first-order chi connectivity index (χ1) is 16.0. The van der Waals surface area contributed by atoms with Gasteiger partial charge in [-0.1, -0.05) is 31.4 Å². The molecule has 0 aliphatic heterocycles. The largest absolute Gasteiger partial charge is 0.495 e. The molecule has 174 valence electrons. The zero-order valence-corrected chi connectivity index (χ0v) is 18.8. The normalized spacial score (nSPS) is 14.2. The quantitative estimate of drug-likeness (QED) is 0.545. The Bertz CT molecular complexity index is 1220. The molecule has 4 rings (SSSR count). The van der Waals surface area contributed by atoms with Gasteiger partial charge in [0.1, 0.15) is 17.2 Å². The fourth-order valence-corrected chi connectivity index (χ4v) is 4.26. The standard InChI is InChI=1S/C23H26FN5O4/c1-15-12-13-19(32-2)18(14-15)27(16-8-5-4-6-9-16)22(30)29-23(31)28(25-26-29)21-17(24)10-7-11-20(21)33-3/h7,10-14,16H,4-6,8-9H2,1-3H3. The molecule has 0 saturated heterocycles. The van der Waals surface area contributed by atoms with Crippen molar-refractivity contribution in [3.05, 3.63) is 58.3 Å². The highest BCUT2D eigenvalue weighted by Gasteiger charge is 2.33. The highest BCUT2D eigenvalue weighted by atomic mass is 19.1. The van der Waals surface area contributed by atoms with E-state index in [2.05, 4.69) is 10.4 Å². The Morgan fingerprint density at radius 2 is 1.79 bits per heavy atom. The first-order valence-electron chi connectivity index (χ1n) is 10.8. The number of hydrogen-bond donors (Lipinski definition) is 0. The molecule has 0 N–H and O–H groups in total. The summed E-state index contributed by atoms with van der Waals surface area (Å²) in [5.74, 6) is -0.114. The average molecular weight is 455 g/mol. The summed E-state index contributed by atoms with van der Waals surface area (Å²) in [7, 11) is 2.89. The van der Waals surface area contributed by atoms with E-state index in [0.717, 1.165) is 42.3 Å². The number of benzene rings is 2. The van der Waals surface area contributed by atoms with Gasteiger partial charge in [0.05, 0.1) is 19.9 Å². The number of halogens is 1. The van der Waals surface area contributed by atoms with E-state index in [1.54, 1.807) is 11.0 Å². The number of anilines is 1. The Morgan fingerprint density at radius 3 is 2.48 bits per heavy atom. The Morgan fingerprint density at radius 1 is 1.06 bits per heavy atom. The third-order valence-electron chi connectivity index (χ3n) is 5.88. The van der Waals surface area contributed by atoms with Gasteiger partial charge < -0.3 is 9.47 Å². The number of para-hydroxylation sites is 1. The van der Waals surface area contributed by atoms with Crippen molar-refractivity contribution in [2.24, 2.45) is 0 Å². The summed E-state index contributed by atoms with van der Waals surface area (Å²) in [5, 5.41) is 7.57. The molecule has 0 unspecified atom stereocenters. The molecular weight excluding hydrogens is 429 g/mol. The van der Waals surface area contributed by atoms with Crippen molar-refractivity contribution in [1.82, 2.24) is 19.8 Å². The lowest BCUT2D eigenvalue weighted by atomic mass is 9.93. The molecule has 1 heterocycles. The van der Waals surface area contributed by atoms with Gasteiger partial charge in [-0.25, -0.2) is 14.0 Å². The van der Waals surface area contributed by atoms with Crippen LogP contribution in [0.2, 0.25) is 0 Å². The monoisotopic (exact) mass is 455 g/mol. The van der Waals surface area contributed by atoms with Crippen molar-refractivity contribution < 1.29 is 18.7 Å². The predicted octanol–water partition coefficient (Wildman–Crippen LogP) is 3.70. The lowest BCUT2D eigenvalue weighted by Gasteiger charge is -2.34. The van der Waals surface area contributed by atoms with Crippen molar-refractivity contribution >= 4 is 11.7 Å². The SMILES string of the molecule is COc1ccc(C)cc1N(C(=O)n1nnn(-c2c(F)cccc2OC)c1=O)C1CCCCC1. The number of tetrazole rings is 1. The molecule has 10 heteroatoms. The van der Waals surface area contributed by atoms with E-state index in [1.165, 1.54) is 32.4 Å². The lowest BCUT2D eigenvalue weighted by Crippen LogP contribution is -2.47. The molecule has 0 spiro atoms. The Hall–Kier alpha value is -3.69. The van der Waals surface area contributed by atoms with Crippen LogP contribution in [0.15, 0.2) is 41.2 Å². The number of aryl methyl sites for hydroxylation is 1. The summed E-state index contributed by atoms with van der Waals surface area (Å²) in [6, 6.07) is 8.85. The molecule has 1 saturated carbocycles. The van der Waals surface area contributed by atoms with Crippen LogP contribution in [0.4, 0.5) is 14.9 Å². The van der Waals surface area contributed by atoms with Gasteiger partial charge in [-0.2, -0.15) is 4.68 Å². The number of methoxy groups -OCH3 is 2. The van der Waals surface area contributed by atoms with Crippen LogP contribution in [-0.4, -0.2) is 46.1 Å². The van der Waals surface area contributed by atoms with E-state index in [4.69, 9.17) is 9.47 Å². The van der Waals surface area contributed by atoms with Crippen molar-refractivity contribution in [2.45, 2.75) is 45.1 Å². The van der Waals surface area contributed by atoms with E-state index in [0.29, 0.717) is 16.1 Å². The second-order valence-electron chi connectivity index (χ2n) is 8.00. The first-order valence-corrected chi connectivity index (χ1v) is 10.8. The van der Waals surface area contributed by atoms with Crippen LogP contribution in [-0.2, 0) is 0 Å². The molecule has 0 bridgehead atoms. The van der Waals surface area contributed by atoms with Crippen LogP contribution < -0.4 is 20.1 Å². The minimum absolute atomic E-state index is 0.0982. The van der Waals surface area contributed by atoms with E-state index in [9.17, 15) is 14.0 Å². The Balaban J connectivity index is 1.82. The Labute approximate surface area is 190 Å². The molecule has 9 nitrogen and oxygen atoms in total. The molecule has 1 amide bonds. The van der Waals surface area contributed by atoms with Crippen molar-refractivity contribution in [1.29, 1.82) is 0 Å². The van der Waals surface area contributed by atoms with Crippen molar-refractivity contribution in [3.63, 3.8) is 0 Å². The number of carbonyl (C=O) groups excluding carboxylic acids is 1. The summed E-state index contributed by atoms with van der Waals surface area (Å²) >= 11 is 0.